The Kier molecular flexibility index (Phi) is 6.64. The van der Waals surface area contributed by atoms with Gasteiger partial charge in [0.25, 0.3) is 0 Å². The monoisotopic (exact) mass is 441 g/mol. The summed E-state index contributed by atoms with van der Waals surface area (Å²) in [6, 6.07) is 8.68. The van der Waals surface area contributed by atoms with Gasteiger partial charge in [-0.15, -0.1) is 0 Å². The van der Waals surface area contributed by atoms with Crippen molar-refractivity contribution in [2.45, 2.75) is 62.3 Å². The quantitative estimate of drug-likeness (QED) is 0.481. The van der Waals surface area contributed by atoms with E-state index in [9.17, 15) is 14.7 Å². The molecule has 1 N–H and O–H groups in total. The number of carboxylic acids is 1. The number of aryl methyl sites for hydroxylation is 6. The maximum Gasteiger partial charge on any atom is 0.354 e. The summed E-state index contributed by atoms with van der Waals surface area (Å²) < 4.78 is 0. The summed E-state index contributed by atoms with van der Waals surface area (Å²) in [6.45, 7) is 17.5. The number of aromatic nitrogens is 1. The normalized spacial score (nSPS) is 10.9. The molecule has 0 fully saturated rings. The Hall–Kier alpha value is -3.21. The van der Waals surface area contributed by atoms with E-state index in [0.717, 1.165) is 44.2 Å². The van der Waals surface area contributed by atoms with Gasteiger partial charge in [0.05, 0.1) is 0 Å². The topological polar surface area (TPSA) is 67.3 Å². The lowest BCUT2D eigenvalue weighted by molar-refractivity contribution is 0.0689. The van der Waals surface area contributed by atoms with Crippen molar-refractivity contribution >= 4 is 34.9 Å². The predicted molar refractivity (Wildman–Crippen MR) is 137 cm³/mol. The number of carbonyl (C=O) groups excluding carboxylic acids is 1. The van der Waals surface area contributed by atoms with Gasteiger partial charge in [0.15, 0.2) is 11.5 Å². The molecule has 1 heterocycles. The van der Waals surface area contributed by atoms with Crippen molar-refractivity contribution in [2.24, 2.45) is 0 Å². The van der Waals surface area contributed by atoms with Crippen LogP contribution >= 0.6 is 0 Å². The molecule has 4 nitrogen and oxygen atoms in total. The maximum atomic E-state index is 12.5. The van der Waals surface area contributed by atoms with Gasteiger partial charge < -0.3 is 5.11 Å². The molecule has 1 aromatic heterocycles. The van der Waals surface area contributed by atoms with E-state index >= 15 is 0 Å². The van der Waals surface area contributed by atoms with E-state index < -0.39 is 5.97 Å². The summed E-state index contributed by atoms with van der Waals surface area (Å²) in [4.78, 5) is 28.9. The molecule has 0 radical (unpaired) electrons. The highest BCUT2D eigenvalue weighted by Crippen LogP contribution is 2.18. The van der Waals surface area contributed by atoms with Crippen LogP contribution in [0.2, 0.25) is 0 Å². The van der Waals surface area contributed by atoms with Gasteiger partial charge in [-0.2, -0.15) is 0 Å². The summed E-state index contributed by atoms with van der Waals surface area (Å²) in [7, 11) is 0. The standard InChI is InChI=1S/C28H32BNO3/c1-14-10-16(3)23(17(4)11-14)29(24-18(5)12-15(2)13-19(24)6)25-20(7)26(22(9)31)30-27(21(25)8)28(32)33/h10-13H,1-9H3,(H,32,33). The van der Waals surface area contributed by atoms with Gasteiger partial charge in [-0.25, -0.2) is 9.78 Å². The van der Waals surface area contributed by atoms with Crippen molar-refractivity contribution in [2.75, 3.05) is 0 Å². The molecule has 170 valence electrons. The summed E-state index contributed by atoms with van der Waals surface area (Å²) in [5.74, 6) is -1.35. The summed E-state index contributed by atoms with van der Waals surface area (Å²) in [6.07, 6.45) is 0. The van der Waals surface area contributed by atoms with E-state index in [1.54, 1.807) is 0 Å². The number of carboxylic acid groups (broad SMARTS) is 1. The van der Waals surface area contributed by atoms with Crippen molar-refractivity contribution < 1.29 is 14.7 Å². The number of ketones is 1. The fourth-order valence-corrected chi connectivity index (χ4v) is 5.53. The van der Waals surface area contributed by atoms with Gasteiger partial charge in [0.1, 0.15) is 5.69 Å². The first-order valence-electron chi connectivity index (χ1n) is 11.3. The highest BCUT2D eigenvalue weighted by atomic mass is 16.4. The molecule has 3 rings (SSSR count). The first-order valence-corrected chi connectivity index (χ1v) is 11.3. The van der Waals surface area contributed by atoms with E-state index in [4.69, 9.17) is 0 Å². The van der Waals surface area contributed by atoms with Crippen molar-refractivity contribution in [1.29, 1.82) is 0 Å². The predicted octanol–water partition coefficient (Wildman–Crippen LogP) is 3.97. The van der Waals surface area contributed by atoms with Crippen LogP contribution in [0.1, 0.15) is 72.4 Å². The molecule has 0 aliphatic rings. The number of hydrogen-bond acceptors (Lipinski definition) is 3. The van der Waals surface area contributed by atoms with E-state index in [2.05, 4.69) is 70.8 Å². The van der Waals surface area contributed by atoms with Crippen molar-refractivity contribution in [3.05, 3.63) is 80.2 Å². The van der Waals surface area contributed by atoms with Crippen LogP contribution in [-0.2, 0) is 0 Å². The Bertz CT molecular complexity index is 1170. The van der Waals surface area contributed by atoms with Crippen LogP contribution in [0.25, 0.3) is 0 Å². The van der Waals surface area contributed by atoms with Crippen LogP contribution < -0.4 is 16.4 Å². The van der Waals surface area contributed by atoms with Gasteiger partial charge in [-0.3, -0.25) is 4.79 Å². The first-order chi connectivity index (χ1) is 15.3. The smallest absolute Gasteiger partial charge is 0.354 e. The Balaban J connectivity index is 2.59. The summed E-state index contributed by atoms with van der Waals surface area (Å²) in [5.41, 5.74) is 11.6. The lowest BCUT2D eigenvalue weighted by Crippen LogP contribution is -2.58. The zero-order valence-electron chi connectivity index (χ0n) is 21.1. The molecular formula is C28H32BNO3. The minimum atomic E-state index is -1.12. The fourth-order valence-electron chi connectivity index (χ4n) is 5.53. The van der Waals surface area contributed by atoms with Crippen molar-refractivity contribution in [1.82, 2.24) is 4.98 Å². The van der Waals surface area contributed by atoms with Crippen LogP contribution in [0.4, 0.5) is 0 Å². The minimum absolute atomic E-state index is 0.0596. The summed E-state index contributed by atoms with van der Waals surface area (Å²) in [5, 5.41) is 9.93. The number of Topliss-reactive ketones (excluding diaryl/α,β-unsaturated/α-hetero) is 1. The Morgan fingerprint density at radius 1 is 0.667 bits per heavy atom. The molecule has 0 saturated heterocycles. The Morgan fingerprint density at radius 2 is 1.03 bits per heavy atom. The number of hydrogen-bond donors (Lipinski definition) is 1. The van der Waals surface area contributed by atoms with Crippen LogP contribution in [0.5, 0.6) is 0 Å². The molecule has 0 atom stereocenters. The number of carbonyl (C=O) groups is 2. The number of pyridine rings is 1. The average molecular weight is 441 g/mol. The number of aromatic carboxylic acids is 1. The first kappa shape index (κ1) is 24.4. The summed E-state index contributed by atoms with van der Waals surface area (Å²) >= 11 is 0. The number of benzene rings is 2. The van der Waals surface area contributed by atoms with Crippen LogP contribution in [0.3, 0.4) is 0 Å². The largest absolute Gasteiger partial charge is 0.477 e. The van der Waals surface area contributed by atoms with Gasteiger partial charge in [0.2, 0.25) is 6.71 Å². The van der Waals surface area contributed by atoms with Crippen LogP contribution in [0.15, 0.2) is 24.3 Å². The molecule has 2 aromatic carbocycles. The molecule has 0 bridgehead atoms. The second-order valence-corrected chi connectivity index (χ2v) is 9.39. The molecule has 0 saturated carbocycles. The minimum Gasteiger partial charge on any atom is -0.477 e. The molecule has 33 heavy (non-hydrogen) atoms. The molecule has 5 heteroatoms. The third-order valence-electron chi connectivity index (χ3n) is 6.62. The zero-order valence-corrected chi connectivity index (χ0v) is 21.1. The van der Waals surface area contributed by atoms with E-state index in [1.165, 1.54) is 18.1 Å². The van der Waals surface area contributed by atoms with Crippen molar-refractivity contribution in [3.8, 4) is 0 Å². The molecule has 0 unspecified atom stereocenters. The van der Waals surface area contributed by atoms with Crippen molar-refractivity contribution in [3.63, 3.8) is 0 Å². The van der Waals surface area contributed by atoms with E-state index in [-0.39, 0.29) is 23.9 Å². The van der Waals surface area contributed by atoms with Gasteiger partial charge in [0, 0.05) is 6.92 Å². The SMILES string of the molecule is CC(=O)c1nc(C(=O)O)c(C)c(B(c2c(C)cc(C)cc2C)c2c(C)cc(C)cc2C)c1C. The van der Waals surface area contributed by atoms with E-state index in [1.807, 2.05) is 13.8 Å². The van der Waals surface area contributed by atoms with Gasteiger partial charge >= 0.3 is 5.97 Å². The molecule has 3 aromatic rings. The third-order valence-corrected chi connectivity index (χ3v) is 6.62. The highest BCUT2D eigenvalue weighted by molar-refractivity contribution is 6.97. The fraction of sp³-hybridized carbons (Fsp3) is 0.321. The molecular weight excluding hydrogens is 409 g/mol. The number of rotatable bonds is 5. The van der Waals surface area contributed by atoms with Crippen LogP contribution in [0, 0.1) is 55.4 Å². The Morgan fingerprint density at radius 3 is 1.36 bits per heavy atom. The average Bonchev–Trinajstić information content (AvgIpc) is 2.65. The number of nitrogens with zero attached hydrogens (tertiary/aromatic N) is 1. The molecule has 0 spiro atoms. The van der Waals surface area contributed by atoms with Gasteiger partial charge in [-0.05, 0) is 66.5 Å². The lowest BCUT2D eigenvalue weighted by atomic mass is 9.33. The second kappa shape index (κ2) is 8.97. The Labute approximate surface area is 197 Å². The molecule has 0 aliphatic carbocycles. The molecule has 0 aliphatic heterocycles. The molecule has 0 amide bonds. The third kappa shape index (κ3) is 4.37. The zero-order chi connectivity index (χ0) is 24.8. The highest BCUT2D eigenvalue weighted by Gasteiger charge is 2.34. The maximum absolute atomic E-state index is 12.5. The van der Waals surface area contributed by atoms with E-state index in [0.29, 0.717) is 5.56 Å². The van der Waals surface area contributed by atoms with Gasteiger partial charge in [-0.1, -0.05) is 74.0 Å². The van der Waals surface area contributed by atoms with Crippen LogP contribution in [-0.4, -0.2) is 28.6 Å². The lowest BCUT2D eigenvalue weighted by Gasteiger charge is -2.28. The second-order valence-electron chi connectivity index (χ2n) is 9.39.